The highest BCUT2D eigenvalue weighted by Crippen LogP contribution is 2.29. The van der Waals surface area contributed by atoms with Crippen molar-refractivity contribution in [1.29, 1.82) is 0 Å². The molecule has 1 N–H and O–H groups in total. The van der Waals surface area contributed by atoms with Gasteiger partial charge in [-0.2, -0.15) is 0 Å². The summed E-state index contributed by atoms with van der Waals surface area (Å²) in [5, 5.41) is 2.99. The standard InChI is InChI=1S/C26H29N5O2/c1-19-29-18-23(26(33)28-13-9-21-8-5-12-27-17-21)25(30-19)22-10-14-31(15-11-22)24(32)16-20-6-3-2-4-7-20/h2-8,12,17-18,22H,9-11,13-16H2,1H3,(H,28,33). The number of pyridine rings is 1. The molecule has 7 nitrogen and oxygen atoms in total. The molecule has 170 valence electrons. The lowest BCUT2D eigenvalue weighted by Gasteiger charge is -2.32. The number of likely N-dealkylation sites (tertiary alicyclic amines) is 1. The summed E-state index contributed by atoms with van der Waals surface area (Å²) < 4.78 is 0. The maximum Gasteiger partial charge on any atom is 0.254 e. The van der Waals surface area contributed by atoms with E-state index in [0.717, 1.165) is 29.7 Å². The van der Waals surface area contributed by atoms with Crippen molar-refractivity contribution in [2.24, 2.45) is 0 Å². The minimum atomic E-state index is -0.156. The van der Waals surface area contributed by atoms with Gasteiger partial charge in [0.25, 0.3) is 5.91 Å². The number of piperidine rings is 1. The second kappa shape index (κ2) is 10.8. The number of rotatable bonds is 7. The number of aryl methyl sites for hydroxylation is 1. The van der Waals surface area contributed by atoms with Gasteiger partial charge in [0, 0.05) is 44.1 Å². The number of amides is 2. The highest BCUT2D eigenvalue weighted by Gasteiger charge is 2.28. The van der Waals surface area contributed by atoms with Crippen LogP contribution in [0.15, 0.2) is 61.1 Å². The van der Waals surface area contributed by atoms with Crippen molar-refractivity contribution < 1.29 is 9.59 Å². The molecule has 4 rings (SSSR count). The third kappa shape index (κ3) is 6.00. The Bertz CT molecular complexity index is 1080. The number of nitrogens with zero attached hydrogens (tertiary/aromatic N) is 4. The Kier molecular flexibility index (Phi) is 7.40. The Morgan fingerprint density at radius 3 is 2.52 bits per heavy atom. The van der Waals surface area contributed by atoms with Crippen LogP contribution in [0.2, 0.25) is 0 Å². The molecular weight excluding hydrogens is 414 g/mol. The minimum absolute atomic E-state index is 0.131. The third-order valence-corrected chi connectivity index (χ3v) is 6.04. The number of aromatic nitrogens is 3. The Hall–Kier alpha value is -3.61. The second-order valence-corrected chi connectivity index (χ2v) is 8.40. The van der Waals surface area contributed by atoms with E-state index in [4.69, 9.17) is 0 Å². The van der Waals surface area contributed by atoms with Gasteiger partial charge < -0.3 is 10.2 Å². The molecule has 1 saturated heterocycles. The molecule has 0 atom stereocenters. The highest BCUT2D eigenvalue weighted by atomic mass is 16.2. The molecule has 0 bridgehead atoms. The molecule has 1 aliphatic rings. The predicted octanol–water partition coefficient (Wildman–Crippen LogP) is 3.10. The summed E-state index contributed by atoms with van der Waals surface area (Å²) in [4.78, 5) is 40.6. The summed E-state index contributed by atoms with van der Waals surface area (Å²) in [6.07, 6.45) is 7.87. The SMILES string of the molecule is Cc1ncc(C(=O)NCCc2cccnc2)c(C2CCN(C(=O)Cc3ccccc3)CC2)n1. The average molecular weight is 444 g/mol. The van der Waals surface area contributed by atoms with Crippen molar-refractivity contribution >= 4 is 11.8 Å². The first-order chi connectivity index (χ1) is 16.1. The van der Waals surface area contributed by atoms with Gasteiger partial charge in [-0.05, 0) is 43.4 Å². The van der Waals surface area contributed by atoms with Gasteiger partial charge in [-0.15, -0.1) is 0 Å². The molecule has 2 amide bonds. The molecule has 3 heterocycles. The quantitative estimate of drug-likeness (QED) is 0.606. The smallest absolute Gasteiger partial charge is 0.254 e. The molecule has 0 spiro atoms. The van der Waals surface area contributed by atoms with Gasteiger partial charge in [0.15, 0.2) is 0 Å². The van der Waals surface area contributed by atoms with E-state index in [1.165, 1.54) is 0 Å². The van der Waals surface area contributed by atoms with Crippen LogP contribution in [-0.4, -0.2) is 51.3 Å². The number of hydrogen-bond donors (Lipinski definition) is 1. The number of nitrogens with one attached hydrogen (secondary N) is 1. The van der Waals surface area contributed by atoms with E-state index >= 15 is 0 Å². The van der Waals surface area contributed by atoms with Crippen LogP contribution in [0.5, 0.6) is 0 Å². The molecule has 0 unspecified atom stereocenters. The van der Waals surface area contributed by atoms with E-state index < -0.39 is 0 Å². The fourth-order valence-electron chi connectivity index (χ4n) is 4.22. The van der Waals surface area contributed by atoms with Crippen LogP contribution in [0, 0.1) is 6.92 Å². The first kappa shape index (κ1) is 22.6. The molecule has 0 radical (unpaired) electrons. The number of carbonyl (C=O) groups is 2. The van der Waals surface area contributed by atoms with E-state index in [2.05, 4.69) is 20.3 Å². The average Bonchev–Trinajstić information content (AvgIpc) is 2.85. The second-order valence-electron chi connectivity index (χ2n) is 8.40. The van der Waals surface area contributed by atoms with Gasteiger partial charge in [-0.25, -0.2) is 9.97 Å². The first-order valence-corrected chi connectivity index (χ1v) is 11.4. The van der Waals surface area contributed by atoms with Crippen LogP contribution in [0.25, 0.3) is 0 Å². The van der Waals surface area contributed by atoms with Crippen molar-refractivity contribution in [2.75, 3.05) is 19.6 Å². The largest absolute Gasteiger partial charge is 0.352 e. The lowest BCUT2D eigenvalue weighted by atomic mass is 9.90. The van der Waals surface area contributed by atoms with E-state index in [1.54, 1.807) is 18.6 Å². The molecule has 3 aromatic rings. The maximum absolute atomic E-state index is 12.9. The number of hydrogen-bond acceptors (Lipinski definition) is 5. The molecule has 7 heteroatoms. The van der Waals surface area contributed by atoms with Crippen molar-refractivity contribution in [1.82, 2.24) is 25.2 Å². The van der Waals surface area contributed by atoms with Crippen molar-refractivity contribution in [3.63, 3.8) is 0 Å². The molecule has 1 fully saturated rings. The normalized spacial score (nSPS) is 14.2. The predicted molar refractivity (Wildman–Crippen MR) is 126 cm³/mol. The molecule has 1 aliphatic heterocycles. The zero-order valence-electron chi connectivity index (χ0n) is 18.9. The summed E-state index contributed by atoms with van der Waals surface area (Å²) in [5.74, 6) is 0.773. The molecule has 33 heavy (non-hydrogen) atoms. The lowest BCUT2D eigenvalue weighted by Crippen LogP contribution is -2.39. The Morgan fingerprint density at radius 1 is 1.03 bits per heavy atom. The van der Waals surface area contributed by atoms with Crippen LogP contribution in [-0.2, 0) is 17.6 Å². The number of benzene rings is 1. The molecular formula is C26H29N5O2. The van der Waals surface area contributed by atoms with Gasteiger partial charge in [-0.3, -0.25) is 14.6 Å². The molecule has 0 aliphatic carbocycles. The Morgan fingerprint density at radius 2 is 1.79 bits per heavy atom. The van der Waals surface area contributed by atoms with E-state index in [-0.39, 0.29) is 17.7 Å². The van der Waals surface area contributed by atoms with Crippen LogP contribution in [0.1, 0.15) is 51.8 Å². The summed E-state index contributed by atoms with van der Waals surface area (Å²) in [6, 6.07) is 13.7. The van der Waals surface area contributed by atoms with Crippen molar-refractivity contribution in [3.05, 3.63) is 89.3 Å². The fraction of sp³-hybridized carbons (Fsp3) is 0.346. The summed E-state index contributed by atoms with van der Waals surface area (Å²) >= 11 is 0. The summed E-state index contributed by atoms with van der Waals surface area (Å²) in [5.41, 5.74) is 3.42. The monoisotopic (exact) mass is 443 g/mol. The Balaban J connectivity index is 1.36. The van der Waals surface area contributed by atoms with Crippen LogP contribution >= 0.6 is 0 Å². The van der Waals surface area contributed by atoms with E-state index in [9.17, 15) is 9.59 Å². The van der Waals surface area contributed by atoms with Gasteiger partial charge in [-0.1, -0.05) is 36.4 Å². The molecule has 1 aromatic carbocycles. The van der Waals surface area contributed by atoms with E-state index in [0.29, 0.717) is 43.9 Å². The molecule has 0 saturated carbocycles. The number of carbonyl (C=O) groups excluding carboxylic acids is 2. The fourth-order valence-corrected chi connectivity index (χ4v) is 4.22. The van der Waals surface area contributed by atoms with Gasteiger partial charge in [0.1, 0.15) is 5.82 Å². The zero-order valence-corrected chi connectivity index (χ0v) is 18.9. The topological polar surface area (TPSA) is 88.1 Å². The lowest BCUT2D eigenvalue weighted by molar-refractivity contribution is -0.131. The minimum Gasteiger partial charge on any atom is -0.352 e. The maximum atomic E-state index is 12.9. The Labute approximate surface area is 194 Å². The van der Waals surface area contributed by atoms with Crippen molar-refractivity contribution in [2.45, 2.75) is 38.5 Å². The van der Waals surface area contributed by atoms with Crippen LogP contribution < -0.4 is 5.32 Å². The van der Waals surface area contributed by atoms with Gasteiger partial charge in [0.2, 0.25) is 5.91 Å². The first-order valence-electron chi connectivity index (χ1n) is 11.4. The van der Waals surface area contributed by atoms with Gasteiger partial charge in [0.05, 0.1) is 17.7 Å². The zero-order chi connectivity index (χ0) is 23.0. The van der Waals surface area contributed by atoms with E-state index in [1.807, 2.05) is 54.3 Å². The summed E-state index contributed by atoms with van der Waals surface area (Å²) in [7, 11) is 0. The van der Waals surface area contributed by atoms with Crippen molar-refractivity contribution in [3.8, 4) is 0 Å². The molecule has 2 aromatic heterocycles. The van der Waals surface area contributed by atoms with Crippen LogP contribution in [0.4, 0.5) is 0 Å². The third-order valence-electron chi connectivity index (χ3n) is 6.04. The highest BCUT2D eigenvalue weighted by molar-refractivity contribution is 5.95. The van der Waals surface area contributed by atoms with Gasteiger partial charge >= 0.3 is 0 Å². The summed E-state index contributed by atoms with van der Waals surface area (Å²) in [6.45, 7) is 3.69. The van der Waals surface area contributed by atoms with Crippen LogP contribution in [0.3, 0.4) is 0 Å².